The van der Waals surface area contributed by atoms with E-state index in [1.165, 1.54) is 0 Å². The second-order valence-electron chi connectivity index (χ2n) is 5.07. The summed E-state index contributed by atoms with van der Waals surface area (Å²) >= 11 is 3.37. The lowest BCUT2D eigenvalue weighted by Gasteiger charge is -2.29. The van der Waals surface area contributed by atoms with E-state index in [4.69, 9.17) is 0 Å². The van der Waals surface area contributed by atoms with Crippen molar-refractivity contribution in [2.24, 2.45) is 0 Å². The lowest BCUT2D eigenvalue weighted by atomic mass is 10.1. The molecule has 0 bridgehead atoms. The van der Waals surface area contributed by atoms with Gasteiger partial charge in [0, 0.05) is 29.5 Å². The third-order valence-corrected chi connectivity index (χ3v) is 3.96. The van der Waals surface area contributed by atoms with Crippen LogP contribution >= 0.6 is 15.9 Å². The molecule has 1 unspecified atom stereocenters. The standard InChI is InChI=1S/C17H19BrN2O/c1-3-13(2)20(12-14-7-5-4-6-8-14)17(21)15-9-16(18)11-19-10-15/h4-11,13H,3,12H2,1-2H3. The van der Waals surface area contributed by atoms with Crippen molar-refractivity contribution in [2.75, 3.05) is 0 Å². The molecule has 2 aromatic rings. The summed E-state index contributed by atoms with van der Waals surface area (Å²) in [7, 11) is 0. The van der Waals surface area contributed by atoms with Gasteiger partial charge in [0.15, 0.2) is 0 Å². The van der Waals surface area contributed by atoms with Crippen LogP contribution in [0.4, 0.5) is 0 Å². The highest BCUT2D eigenvalue weighted by Crippen LogP contribution is 2.17. The van der Waals surface area contributed by atoms with E-state index in [2.05, 4.69) is 34.8 Å². The first-order valence-corrected chi connectivity index (χ1v) is 7.86. The van der Waals surface area contributed by atoms with E-state index >= 15 is 0 Å². The Balaban J connectivity index is 2.25. The van der Waals surface area contributed by atoms with Gasteiger partial charge in [0.1, 0.15) is 0 Å². The average Bonchev–Trinajstić information content (AvgIpc) is 2.52. The number of rotatable bonds is 5. The van der Waals surface area contributed by atoms with E-state index in [1.54, 1.807) is 12.4 Å². The molecular weight excluding hydrogens is 328 g/mol. The van der Waals surface area contributed by atoms with Crippen LogP contribution in [0.15, 0.2) is 53.3 Å². The van der Waals surface area contributed by atoms with Gasteiger partial charge in [-0.3, -0.25) is 9.78 Å². The molecule has 110 valence electrons. The fourth-order valence-corrected chi connectivity index (χ4v) is 2.49. The van der Waals surface area contributed by atoms with Gasteiger partial charge in [-0.25, -0.2) is 0 Å². The van der Waals surface area contributed by atoms with Gasteiger partial charge >= 0.3 is 0 Å². The molecule has 2 rings (SSSR count). The summed E-state index contributed by atoms with van der Waals surface area (Å²) in [5.41, 5.74) is 1.75. The van der Waals surface area contributed by atoms with Gasteiger partial charge in [0.05, 0.1) is 5.56 Å². The predicted octanol–water partition coefficient (Wildman–Crippen LogP) is 4.29. The summed E-state index contributed by atoms with van der Waals surface area (Å²) in [5.74, 6) is 0.0157. The smallest absolute Gasteiger partial charge is 0.255 e. The second kappa shape index (κ2) is 7.36. The SMILES string of the molecule is CCC(C)N(Cc1ccccc1)C(=O)c1cncc(Br)c1. The monoisotopic (exact) mass is 346 g/mol. The van der Waals surface area contributed by atoms with E-state index < -0.39 is 0 Å². The highest BCUT2D eigenvalue weighted by Gasteiger charge is 2.21. The zero-order valence-corrected chi connectivity index (χ0v) is 13.9. The molecule has 0 fully saturated rings. The van der Waals surface area contributed by atoms with Gasteiger partial charge in [0.25, 0.3) is 5.91 Å². The number of hydrogen-bond acceptors (Lipinski definition) is 2. The number of carbonyl (C=O) groups excluding carboxylic acids is 1. The Labute approximate surface area is 134 Å². The third-order valence-electron chi connectivity index (χ3n) is 3.53. The van der Waals surface area contributed by atoms with E-state index in [0.717, 1.165) is 16.5 Å². The molecule has 0 spiro atoms. The van der Waals surface area contributed by atoms with Crippen molar-refractivity contribution in [1.82, 2.24) is 9.88 Å². The molecule has 1 aromatic heterocycles. The number of hydrogen-bond donors (Lipinski definition) is 0. The molecule has 0 aliphatic carbocycles. The minimum absolute atomic E-state index is 0.0157. The van der Waals surface area contributed by atoms with Crippen LogP contribution in [-0.2, 0) is 6.54 Å². The molecule has 0 N–H and O–H groups in total. The first kappa shape index (κ1) is 15.7. The van der Waals surface area contributed by atoms with Gasteiger partial charge in [-0.15, -0.1) is 0 Å². The van der Waals surface area contributed by atoms with Gasteiger partial charge in [-0.2, -0.15) is 0 Å². The van der Waals surface area contributed by atoms with Crippen LogP contribution in [0.5, 0.6) is 0 Å². The van der Waals surface area contributed by atoms with Gasteiger partial charge < -0.3 is 4.90 Å². The number of amides is 1. The Morgan fingerprint density at radius 3 is 2.62 bits per heavy atom. The quantitative estimate of drug-likeness (QED) is 0.809. The zero-order chi connectivity index (χ0) is 15.2. The van der Waals surface area contributed by atoms with Gasteiger partial charge in [-0.05, 0) is 40.9 Å². The van der Waals surface area contributed by atoms with Crippen molar-refractivity contribution in [1.29, 1.82) is 0 Å². The van der Waals surface area contributed by atoms with Crippen molar-refractivity contribution in [3.05, 3.63) is 64.4 Å². The minimum Gasteiger partial charge on any atom is -0.332 e. The summed E-state index contributed by atoms with van der Waals surface area (Å²) < 4.78 is 0.817. The normalized spacial score (nSPS) is 12.0. The second-order valence-corrected chi connectivity index (χ2v) is 5.98. The number of pyridine rings is 1. The van der Waals surface area contributed by atoms with E-state index in [0.29, 0.717) is 12.1 Å². The minimum atomic E-state index is 0.0157. The molecule has 0 saturated heterocycles. The molecule has 1 amide bonds. The number of nitrogens with zero attached hydrogens (tertiary/aromatic N) is 2. The maximum absolute atomic E-state index is 12.8. The average molecular weight is 347 g/mol. The van der Waals surface area contributed by atoms with Crippen LogP contribution in [0.1, 0.15) is 36.2 Å². The third kappa shape index (κ3) is 4.14. The van der Waals surface area contributed by atoms with Gasteiger partial charge in [-0.1, -0.05) is 37.3 Å². The van der Waals surface area contributed by atoms with Crippen LogP contribution in [0.3, 0.4) is 0 Å². The number of benzene rings is 1. The molecule has 1 heterocycles. The Morgan fingerprint density at radius 2 is 2.00 bits per heavy atom. The Morgan fingerprint density at radius 1 is 1.29 bits per heavy atom. The van der Waals surface area contributed by atoms with Crippen molar-refractivity contribution >= 4 is 21.8 Å². The molecule has 4 heteroatoms. The highest BCUT2D eigenvalue weighted by atomic mass is 79.9. The Bertz CT molecular complexity index is 601. The van der Waals surface area contributed by atoms with Crippen LogP contribution in [-0.4, -0.2) is 21.8 Å². The first-order chi connectivity index (χ1) is 10.1. The first-order valence-electron chi connectivity index (χ1n) is 7.07. The van der Waals surface area contributed by atoms with Crippen molar-refractivity contribution in [3.63, 3.8) is 0 Å². The summed E-state index contributed by atoms with van der Waals surface area (Å²) in [5, 5.41) is 0. The van der Waals surface area contributed by atoms with E-state index in [9.17, 15) is 4.79 Å². The maximum Gasteiger partial charge on any atom is 0.255 e. The molecule has 1 atom stereocenters. The van der Waals surface area contributed by atoms with Crippen LogP contribution < -0.4 is 0 Å². The molecule has 21 heavy (non-hydrogen) atoms. The van der Waals surface area contributed by atoms with Gasteiger partial charge in [0.2, 0.25) is 0 Å². The van der Waals surface area contributed by atoms with Crippen molar-refractivity contribution < 1.29 is 4.79 Å². The lowest BCUT2D eigenvalue weighted by molar-refractivity contribution is 0.0671. The van der Waals surface area contributed by atoms with Crippen LogP contribution in [0.2, 0.25) is 0 Å². The van der Waals surface area contributed by atoms with E-state index in [1.807, 2.05) is 41.3 Å². The van der Waals surface area contributed by atoms with E-state index in [-0.39, 0.29) is 11.9 Å². The predicted molar refractivity (Wildman–Crippen MR) is 88.0 cm³/mol. The summed E-state index contributed by atoms with van der Waals surface area (Å²) in [6.45, 7) is 4.78. The molecule has 0 radical (unpaired) electrons. The van der Waals surface area contributed by atoms with Crippen LogP contribution in [0.25, 0.3) is 0 Å². The molecule has 0 saturated carbocycles. The lowest BCUT2D eigenvalue weighted by Crippen LogP contribution is -2.37. The Hall–Kier alpha value is -1.68. The van der Waals surface area contributed by atoms with Crippen LogP contribution in [0, 0.1) is 0 Å². The fourth-order valence-electron chi connectivity index (χ4n) is 2.12. The number of halogens is 1. The fraction of sp³-hybridized carbons (Fsp3) is 0.294. The summed E-state index contributed by atoms with van der Waals surface area (Å²) in [4.78, 5) is 18.8. The molecule has 0 aliphatic heterocycles. The maximum atomic E-state index is 12.8. The summed E-state index contributed by atoms with van der Waals surface area (Å²) in [6, 6.07) is 12.1. The van der Waals surface area contributed by atoms with Crippen molar-refractivity contribution in [2.45, 2.75) is 32.9 Å². The topological polar surface area (TPSA) is 33.2 Å². The number of carbonyl (C=O) groups is 1. The highest BCUT2D eigenvalue weighted by molar-refractivity contribution is 9.10. The largest absolute Gasteiger partial charge is 0.332 e. The molecular formula is C17H19BrN2O. The zero-order valence-electron chi connectivity index (χ0n) is 12.3. The molecule has 3 nitrogen and oxygen atoms in total. The number of aromatic nitrogens is 1. The Kier molecular flexibility index (Phi) is 5.51. The molecule has 0 aliphatic rings. The van der Waals surface area contributed by atoms with Crippen molar-refractivity contribution in [3.8, 4) is 0 Å². The molecule has 1 aromatic carbocycles. The summed E-state index contributed by atoms with van der Waals surface area (Å²) in [6.07, 6.45) is 4.22.